The van der Waals surface area contributed by atoms with Gasteiger partial charge in [0.05, 0.1) is 5.54 Å². The van der Waals surface area contributed by atoms with E-state index in [1.165, 1.54) is 0 Å². The van der Waals surface area contributed by atoms with Gasteiger partial charge >= 0.3 is 11.9 Å². The molecule has 0 saturated heterocycles. The first-order chi connectivity index (χ1) is 9.13. The molecule has 1 aromatic rings. The van der Waals surface area contributed by atoms with Crippen molar-refractivity contribution >= 4 is 11.9 Å². The number of hydrogen-bond acceptors (Lipinski definition) is 4. The average molecular weight is 277 g/mol. The number of aliphatic carboxylic acids is 1. The zero-order valence-electron chi connectivity index (χ0n) is 11.8. The van der Waals surface area contributed by atoms with Gasteiger partial charge in [0.25, 0.3) is 0 Å². The average Bonchev–Trinajstić information content (AvgIpc) is 2.98. The Hall–Kier alpha value is -1.88. The lowest BCUT2D eigenvalue weighted by molar-refractivity contribution is -0.170. The molecule has 1 aliphatic rings. The molecular weight excluding hydrogens is 258 g/mol. The summed E-state index contributed by atoms with van der Waals surface area (Å²) < 4.78 is 5.24. The fourth-order valence-electron chi connectivity index (χ4n) is 2.43. The van der Waals surface area contributed by atoms with Crippen LogP contribution in [0.2, 0.25) is 0 Å². The molecule has 3 N–H and O–H groups in total. The third kappa shape index (κ3) is 2.08. The van der Waals surface area contributed by atoms with Crippen LogP contribution in [-0.2, 0) is 19.9 Å². The second-order valence-electron chi connectivity index (χ2n) is 6.23. The summed E-state index contributed by atoms with van der Waals surface area (Å²) in [5.41, 5.74) is 3.17. The van der Waals surface area contributed by atoms with Crippen LogP contribution in [0.1, 0.15) is 32.8 Å². The zero-order valence-corrected chi connectivity index (χ0v) is 11.8. The molecule has 1 fully saturated rings. The lowest BCUT2D eigenvalue weighted by atomic mass is 9.93. The molecule has 2 unspecified atom stereocenters. The quantitative estimate of drug-likeness (QED) is 0.647. The lowest BCUT2D eigenvalue weighted by Gasteiger charge is -2.24. The number of ether oxygens (including phenoxy) is 1. The van der Waals surface area contributed by atoms with Crippen LogP contribution in [0.4, 0.5) is 0 Å². The molecule has 5 heteroatoms. The predicted molar refractivity (Wildman–Crippen MR) is 72.8 cm³/mol. The molecule has 20 heavy (non-hydrogen) atoms. The van der Waals surface area contributed by atoms with Gasteiger partial charge in [0.15, 0.2) is 5.41 Å². The molecule has 2 rings (SSSR count). The first kappa shape index (κ1) is 14.5. The number of hydrogen-bond donors (Lipinski definition) is 2. The molecule has 1 aliphatic carbocycles. The Kier molecular flexibility index (Phi) is 3.13. The summed E-state index contributed by atoms with van der Waals surface area (Å²) in [5.74, 6) is -2.01. The van der Waals surface area contributed by atoms with Crippen molar-refractivity contribution < 1.29 is 19.4 Å². The molecule has 0 aliphatic heterocycles. The van der Waals surface area contributed by atoms with Crippen molar-refractivity contribution in [3.8, 4) is 0 Å². The minimum Gasteiger partial charge on any atom is -0.480 e. The highest BCUT2D eigenvalue weighted by Crippen LogP contribution is 2.62. The van der Waals surface area contributed by atoms with Gasteiger partial charge in [-0.2, -0.15) is 0 Å². The van der Waals surface area contributed by atoms with Crippen molar-refractivity contribution in [2.45, 2.75) is 38.3 Å². The molecule has 0 bridgehead atoms. The topological polar surface area (TPSA) is 89.6 Å². The van der Waals surface area contributed by atoms with E-state index < -0.39 is 28.5 Å². The van der Waals surface area contributed by atoms with Gasteiger partial charge in [0, 0.05) is 6.42 Å². The second-order valence-corrected chi connectivity index (χ2v) is 6.23. The number of carboxylic acids is 1. The van der Waals surface area contributed by atoms with E-state index in [0.717, 1.165) is 0 Å². The Morgan fingerprint density at radius 2 is 1.80 bits per heavy atom. The Bertz CT molecular complexity index is 549. The van der Waals surface area contributed by atoms with E-state index in [2.05, 4.69) is 0 Å². The van der Waals surface area contributed by atoms with Crippen LogP contribution in [0.5, 0.6) is 0 Å². The van der Waals surface area contributed by atoms with E-state index in [-0.39, 0.29) is 6.42 Å². The van der Waals surface area contributed by atoms with Gasteiger partial charge < -0.3 is 15.6 Å². The van der Waals surface area contributed by atoms with Gasteiger partial charge in [-0.1, -0.05) is 30.3 Å². The third-order valence-corrected chi connectivity index (χ3v) is 3.58. The van der Waals surface area contributed by atoms with E-state index in [1.807, 2.05) is 6.07 Å². The fourth-order valence-corrected chi connectivity index (χ4v) is 2.43. The van der Waals surface area contributed by atoms with Crippen LogP contribution in [0.15, 0.2) is 30.3 Å². The number of rotatable bonds is 3. The molecule has 2 atom stereocenters. The number of carboxylic acid groups (broad SMARTS) is 1. The van der Waals surface area contributed by atoms with E-state index in [4.69, 9.17) is 10.5 Å². The number of carbonyl (C=O) groups excluding carboxylic acids is 1. The summed E-state index contributed by atoms with van der Waals surface area (Å²) in [4.78, 5) is 23.9. The molecule has 108 valence electrons. The molecule has 1 saturated carbocycles. The zero-order chi connectivity index (χ0) is 15.2. The molecular formula is C15H19NO4. The van der Waals surface area contributed by atoms with Crippen LogP contribution in [0, 0.1) is 5.41 Å². The number of esters is 1. The monoisotopic (exact) mass is 277 g/mol. The Morgan fingerprint density at radius 1 is 1.25 bits per heavy atom. The highest BCUT2D eigenvalue weighted by molar-refractivity contribution is 6.05. The van der Waals surface area contributed by atoms with Crippen LogP contribution < -0.4 is 5.73 Å². The van der Waals surface area contributed by atoms with Crippen molar-refractivity contribution in [1.82, 2.24) is 0 Å². The Balaban J connectivity index is 2.37. The van der Waals surface area contributed by atoms with Gasteiger partial charge in [-0.3, -0.25) is 9.59 Å². The summed E-state index contributed by atoms with van der Waals surface area (Å²) >= 11 is 0. The van der Waals surface area contributed by atoms with E-state index in [9.17, 15) is 14.7 Å². The summed E-state index contributed by atoms with van der Waals surface area (Å²) in [6, 6.07) is 8.81. The predicted octanol–water partition coefficient (Wildman–Crippen LogP) is 1.66. The maximum absolute atomic E-state index is 12.3. The summed E-state index contributed by atoms with van der Waals surface area (Å²) in [5, 5.41) is 9.49. The highest BCUT2D eigenvalue weighted by Gasteiger charge is 2.77. The Morgan fingerprint density at radius 3 is 2.25 bits per heavy atom. The molecule has 5 nitrogen and oxygen atoms in total. The van der Waals surface area contributed by atoms with Crippen LogP contribution >= 0.6 is 0 Å². The minimum atomic E-state index is -1.69. The maximum Gasteiger partial charge on any atom is 0.326 e. The van der Waals surface area contributed by atoms with Crippen LogP contribution in [-0.4, -0.2) is 22.6 Å². The summed E-state index contributed by atoms with van der Waals surface area (Å²) in [7, 11) is 0. The molecule has 1 aromatic carbocycles. The SMILES string of the molecule is CC(C)(C)OC(=O)C1(C(=O)O)CC1(N)c1ccccc1. The summed E-state index contributed by atoms with van der Waals surface area (Å²) in [6.45, 7) is 5.09. The van der Waals surface area contributed by atoms with E-state index in [1.54, 1.807) is 45.0 Å². The standard InChI is InChI=1S/C15H19NO4/c1-13(2,3)20-12(19)14(11(17)18)9-15(14,16)10-7-5-4-6-8-10/h4-8H,9,16H2,1-3H3,(H,17,18). The van der Waals surface area contributed by atoms with Crippen LogP contribution in [0.25, 0.3) is 0 Å². The Labute approximate surface area is 117 Å². The van der Waals surface area contributed by atoms with Gasteiger partial charge in [-0.05, 0) is 26.3 Å². The molecule has 0 aromatic heterocycles. The molecule has 0 heterocycles. The van der Waals surface area contributed by atoms with E-state index >= 15 is 0 Å². The third-order valence-electron chi connectivity index (χ3n) is 3.58. The fraction of sp³-hybridized carbons (Fsp3) is 0.467. The van der Waals surface area contributed by atoms with Crippen molar-refractivity contribution in [3.05, 3.63) is 35.9 Å². The van der Waals surface area contributed by atoms with Gasteiger partial charge in [-0.15, -0.1) is 0 Å². The van der Waals surface area contributed by atoms with Gasteiger partial charge in [0.1, 0.15) is 5.60 Å². The van der Waals surface area contributed by atoms with E-state index in [0.29, 0.717) is 5.56 Å². The van der Waals surface area contributed by atoms with Crippen molar-refractivity contribution in [2.24, 2.45) is 11.1 Å². The van der Waals surface area contributed by atoms with Gasteiger partial charge in [0.2, 0.25) is 0 Å². The number of carbonyl (C=O) groups is 2. The summed E-state index contributed by atoms with van der Waals surface area (Å²) in [6.07, 6.45) is 0.0499. The highest BCUT2D eigenvalue weighted by atomic mass is 16.6. The minimum absolute atomic E-state index is 0.0499. The van der Waals surface area contributed by atoms with Gasteiger partial charge in [-0.25, -0.2) is 0 Å². The molecule has 0 radical (unpaired) electrons. The number of benzene rings is 1. The van der Waals surface area contributed by atoms with Crippen LogP contribution in [0.3, 0.4) is 0 Å². The molecule has 0 amide bonds. The second kappa shape index (κ2) is 4.31. The van der Waals surface area contributed by atoms with Crippen molar-refractivity contribution in [3.63, 3.8) is 0 Å². The smallest absolute Gasteiger partial charge is 0.326 e. The normalized spacial score (nSPS) is 28.8. The maximum atomic E-state index is 12.3. The first-order valence-corrected chi connectivity index (χ1v) is 6.45. The largest absolute Gasteiger partial charge is 0.480 e. The lowest BCUT2D eigenvalue weighted by Crippen LogP contribution is -2.42. The molecule has 0 spiro atoms. The van der Waals surface area contributed by atoms with Crippen molar-refractivity contribution in [2.75, 3.05) is 0 Å². The first-order valence-electron chi connectivity index (χ1n) is 6.45. The van der Waals surface area contributed by atoms with Crippen molar-refractivity contribution in [1.29, 1.82) is 0 Å². The number of nitrogens with two attached hydrogens (primary N) is 1.